The number of nitrogens with zero attached hydrogens (tertiary/aromatic N) is 3. The maximum Gasteiger partial charge on any atom is 0.251 e. The number of amides is 1. The van der Waals surface area contributed by atoms with Gasteiger partial charge in [0.25, 0.3) is 5.91 Å². The first-order valence-corrected chi connectivity index (χ1v) is 8.00. The van der Waals surface area contributed by atoms with E-state index in [-0.39, 0.29) is 5.91 Å². The van der Waals surface area contributed by atoms with E-state index in [2.05, 4.69) is 20.1 Å². The lowest BCUT2D eigenvalue weighted by atomic mass is 10.1. The smallest absolute Gasteiger partial charge is 0.251 e. The van der Waals surface area contributed by atoms with Crippen LogP contribution in [0.4, 0.5) is 0 Å². The Balaban J connectivity index is 1.59. The van der Waals surface area contributed by atoms with E-state index >= 15 is 0 Å². The predicted octanol–water partition coefficient (Wildman–Crippen LogP) is 2.29. The molecule has 0 radical (unpaired) electrons. The summed E-state index contributed by atoms with van der Waals surface area (Å²) in [5.74, 6) is 2.06. The van der Waals surface area contributed by atoms with Crippen LogP contribution in [0.15, 0.2) is 24.3 Å². The van der Waals surface area contributed by atoms with Crippen LogP contribution in [0.1, 0.15) is 46.8 Å². The third-order valence-corrected chi connectivity index (χ3v) is 4.21. The fourth-order valence-electron chi connectivity index (χ4n) is 2.94. The number of hydrogen-bond donors (Lipinski definition) is 1. The monoisotopic (exact) mass is 298 g/mol. The van der Waals surface area contributed by atoms with Crippen molar-refractivity contribution in [3.05, 3.63) is 47.0 Å². The van der Waals surface area contributed by atoms with Crippen LogP contribution in [0.25, 0.3) is 0 Å². The number of rotatable bonds is 4. The number of aryl methyl sites for hydroxylation is 2. The molecule has 1 aliphatic heterocycles. The lowest BCUT2D eigenvalue weighted by molar-refractivity contribution is 0.0953. The number of carbonyl (C=O) groups excluding carboxylic acids is 1. The molecule has 1 aliphatic rings. The van der Waals surface area contributed by atoms with Crippen LogP contribution < -0.4 is 5.32 Å². The first kappa shape index (κ1) is 14.8. The van der Waals surface area contributed by atoms with Gasteiger partial charge in [-0.2, -0.15) is 0 Å². The summed E-state index contributed by atoms with van der Waals surface area (Å²) in [7, 11) is 0. The predicted molar refractivity (Wildman–Crippen MR) is 84.8 cm³/mol. The topological polar surface area (TPSA) is 59.8 Å². The highest BCUT2D eigenvalue weighted by Crippen LogP contribution is 2.14. The van der Waals surface area contributed by atoms with Crippen LogP contribution in [0, 0.1) is 6.92 Å². The highest BCUT2D eigenvalue weighted by atomic mass is 16.1. The Morgan fingerprint density at radius 3 is 2.95 bits per heavy atom. The minimum atomic E-state index is -0.0197. The maximum atomic E-state index is 12.2. The fraction of sp³-hybridized carbons (Fsp3) is 0.471. The Hall–Kier alpha value is -2.17. The van der Waals surface area contributed by atoms with E-state index in [0.29, 0.717) is 6.54 Å². The third kappa shape index (κ3) is 3.18. The van der Waals surface area contributed by atoms with Crippen molar-refractivity contribution in [3.8, 4) is 0 Å². The molecule has 3 rings (SSSR count). The Morgan fingerprint density at radius 1 is 1.23 bits per heavy atom. The van der Waals surface area contributed by atoms with E-state index in [0.717, 1.165) is 42.2 Å². The molecular weight excluding hydrogens is 276 g/mol. The molecule has 5 heteroatoms. The zero-order valence-corrected chi connectivity index (χ0v) is 13.0. The highest BCUT2D eigenvalue weighted by Gasteiger charge is 2.15. The summed E-state index contributed by atoms with van der Waals surface area (Å²) in [4.78, 5) is 12.2. The summed E-state index contributed by atoms with van der Waals surface area (Å²) in [6.45, 7) is 3.54. The van der Waals surface area contributed by atoms with Crippen molar-refractivity contribution in [3.63, 3.8) is 0 Å². The molecule has 0 saturated heterocycles. The molecule has 0 unspecified atom stereocenters. The number of fused-ring (bicyclic) bond motifs is 1. The second-order valence-corrected chi connectivity index (χ2v) is 5.82. The Morgan fingerprint density at radius 2 is 2.09 bits per heavy atom. The minimum Gasteiger partial charge on any atom is -0.352 e. The van der Waals surface area contributed by atoms with Gasteiger partial charge in [0, 0.05) is 31.5 Å². The van der Waals surface area contributed by atoms with E-state index in [1.165, 1.54) is 19.3 Å². The molecule has 22 heavy (non-hydrogen) atoms. The van der Waals surface area contributed by atoms with Crippen molar-refractivity contribution in [2.75, 3.05) is 6.54 Å². The van der Waals surface area contributed by atoms with Crippen LogP contribution in [-0.2, 0) is 19.4 Å². The summed E-state index contributed by atoms with van der Waals surface area (Å²) in [5.41, 5.74) is 1.74. The molecule has 0 spiro atoms. The van der Waals surface area contributed by atoms with Crippen LogP contribution in [0.5, 0.6) is 0 Å². The van der Waals surface area contributed by atoms with Gasteiger partial charge in [-0.3, -0.25) is 4.79 Å². The fourth-order valence-corrected chi connectivity index (χ4v) is 2.94. The molecule has 5 nitrogen and oxygen atoms in total. The lowest BCUT2D eigenvalue weighted by Crippen LogP contribution is -2.27. The second kappa shape index (κ2) is 6.73. The molecule has 0 bridgehead atoms. The van der Waals surface area contributed by atoms with E-state index < -0.39 is 0 Å². The molecule has 116 valence electrons. The Labute approximate surface area is 130 Å². The van der Waals surface area contributed by atoms with E-state index in [4.69, 9.17) is 0 Å². The molecule has 0 aliphatic carbocycles. The molecule has 1 aromatic carbocycles. The maximum absolute atomic E-state index is 12.2. The van der Waals surface area contributed by atoms with Gasteiger partial charge >= 0.3 is 0 Å². The Bertz CT molecular complexity index is 662. The molecule has 0 saturated carbocycles. The average Bonchev–Trinajstić information content (AvgIpc) is 2.75. The molecule has 0 atom stereocenters. The molecule has 2 aromatic rings. The third-order valence-electron chi connectivity index (χ3n) is 4.21. The number of carbonyl (C=O) groups is 1. The van der Waals surface area contributed by atoms with Gasteiger partial charge in [0.2, 0.25) is 0 Å². The van der Waals surface area contributed by atoms with E-state index in [1.54, 1.807) is 0 Å². The highest BCUT2D eigenvalue weighted by molar-refractivity contribution is 5.95. The SMILES string of the molecule is Cc1ccccc1C(=O)NCCc1nnc2n1CCCCC2. The van der Waals surface area contributed by atoms with Crippen molar-refractivity contribution in [2.24, 2.45) is 0 Å². The molecule has 1 N–H and O–H groups in total. The zero-order valence-electron chi connectivity index (χ0n) is 13.0. The summed E-state index contributed by atoms with van der Waals surface area (Å²) in [6.07, 6.45) is 5.38. The van der Waals surface area contributed by atoms with Gasteiger partial charge in [-0.25, -0.2) is 0 Å². The quantitative estimate of drug-likeness (QED) is 0.942. The molecule has 2 heterocycles. The first-order chi connectivity index (χ1) is 10.8. The van der Waals surface area contributed by atoms with Crippen LogP contribution in [0.2, 0.25) is 0 Å². The van der Waals surface area contributed by atoms with Gasteiger partial charge in [0.05, 0.1) is 0 Å². The van der Waals surface area contributed by atoms with Crippen molar-refractivity contribution in [2.45, 2.75) is 45.6 Å². The standard InChI is InChI=1S/C17H22N4O/c1-13-7-4-5-8-14(13)17(22)18-11-10-16-20-19-15-9-3-2-6-12-21(15)16/h4-5,7-8H,2-3,6,9-12H2,1H3,(H,18,22). The van der Waals surface area contributed by atoms with Crippen LogP contribution >= 0.6 is 0 Å². The van der Waals surface area contributed by atoms with Gasteiger partial charge in [-0.05, 0) is 31.4 Å². The zero-order chi connectivity index (χ0) is 15.4. The van der Waals surface area contributed by atoms with Crippen LogP contribution in [-0.4, -0.2) is 27.2 Å². The van der Waals surface area contributed by atoms with Gasteiger partial charge in [-0.1, -0.05) is 24.6 Å². The van der Waals surface area contributed by atoms with E-state index in [9.17, 15) is 4.79 Å². The van der Waals surface area contributed by atoms with Crippen molar-refractivity contribution >= 4 is 5.91 Å². The molecule has 0 fully saturated rings. The van der Waals surface area contributed by atoms with Crippen molar-refractivity contribution in [1.29, 1.82) is 0 Å². The molecular formula is C17H22N4O. The number of nitrogens with one attached hydrogen (secondary N) is 1. The number of benzene rings is 1. The van der Waals surface area contributed by atoms with E-state index in [1.807, 2.05) is 31.2 Å². The Kier molecular flexibility index (Phi) is 4.51. The normalized spacial score (nSPS) is 14.2. The average molecular weight is 298 g/mol. The summed E-state index contributed by atoms with van der Waals surface area (Å²) >= 11 is 0. The number of aromatic nitrogens is 3. The van der Waals surface area contributed by atoms with Gasteiger partial charge < -0.3 is 9.88 Å². The summed E-state index contributed by atoms with van der Waals surface area (Å²) in [6, 6.07) is 7.64. The minimum absolute atomic E-state index is 0.0197. The van der Waals surface area contributed by atoms with Gasteiger partial charge in [-0.15, -0.1) is 10.2 Å². The lowest BCUT2D eigenvalue weighted by Gasteiger charge is -2.09. The van der Waals surface area contributed by atoms with Gasteiger partial charge in [0.15, 0.2) is 0 Å². The van der Waals surface area contributed by atoms with Crippen molar-refractivity contribution in [1.82, 2.24) is 20.1 Å². The second-order valence-electron chi connectivity index (χ2n) is 5.82. The summed E-state index contributed by atoms with van der Waals surface area (Å²) < 4.78 is 2.23. The van der Waals surface area contributed by atoms with Gasteiger partial charge in [0.1, 0.15) is 11.6 Å². The molecule has 1 aromatic heterocycles. The largest absolute Gasteiger partial charge is 0.352 e. The first-order valence-electron chi connectivity index (χ1n) is 8.00. The summed E-state index contributed by atoms with van der Waals surface area (Å²) in [5, 5.41) is 11.6. The van der Waals surface area contributed by atoms with Crippen LogP contribution in [0.3, 0.4) is 0 Å². The number of hydrogen-bond acceptors (Lipinski definition) is 3. The molecule has 1 amide bonds. The van der Waals surface area contributed by atoms with Crippen molar-refractivity contribution < 1.29 is 4.79 Å².